The molecule has 0 amide bonds. The molecule has 0 aliphatic rings. The fourth-order valence-electron chi connectivity index (χ4n) is 1.82. The summed E-state index contributed by atoms with van der Waals surface area (Å²) >= 11 is 7.04. The van der Waals surface area contributed by atoms with Gasteiger partial charge in [-0.15, -0.1) is 5.10 Å². The van der Waals surface area contributed by atoms with E-state index < -0.39 is 10.0 Å². The van der Waals surface area contributed by atoms with Gasteiger partial charge in [0.25, 0.3) is 10.0 Å². The summed E-state index contributed by atoms with van der Waals surface area (Å²) in [5, 5.41) is 4.26. The highest BCUT2D eigenvalue weighted by Crippen LogP contribution is 2.24. The molecule has 1 N–H and O–H groups in total. The smallest absolute Gasteiger partial charge is 0.261 e. The zero-order chi connectivity index (χ0) is 15.6. The van der Waals surface area contributed by atoms with Crippen molar-refractivity contribution in [3.05, 3.63) is 59.8 Å². The number of sulfonamides is 1. The first-order valence-electron chi connectivity index (χ1n) is 6.21. The summed E-state index contributed by atoms with van der Waals surface area (Å²) in [4.78, 5) is 1.08. The third-order valence-electron chi connectivity index (χ3n) is 2.91. The van der Waals surface area contributed by atoms with Gasteiger partial charge >= 0.3 is 0 Å². The molecule has 112 valence electrons. The Bertz CT molecular complexity index is 861. The lowest BCUT2D eigenvalue weighted by atomic mass is 10.2. The maximum absolute atomic E-state index is 12.3. The van der Waals surface area contributed by atoms with E-state index >= 15 is 0 Å². The van der Waals surface area contributed by atoms with Crippen LogP contribution < -0.4 is 4.72 Å². The van der Waals surface area contributed by atoms with Crippen molar-refractivity contribution in [2.75, 3.05) is 4.72 Å². The molecule has 1 aromatic heterocycles. The van der Waals surface area contributed by atoms with Gasteiger partial charge in [-0.1, -0.05) is 28.2 Å². The lowest BCUT2D eigenvalue weighted by molar-refractivity contribution is 0.601. The van der Waals surface area contributed by atoms with E-state index in [1.165, 1.54) is 35.8 Å². The van der Waals surface area contributed by atoms with Gasteiger partial charge in [0.15, 0.2) is 0 Å². The van der Waals surface area contributed by atoms with Crippen LogP contribution in [-0.4, -0.2) is 18.0 Å². The standard InChI is InChI=1S/C14H10ClN3O2S2/c15-11-3-7-13(8-4-11)22(19,20)17-12-5-1-10(2-6-12)14-9-16-18-21-14/h1-9,17H. The second-order valence-electron chi connectivity index (χ2n) is 4.42. The SMILES string of the molecule is O=S(=O)(Nc1ccc(-c2cnns2)cc1)c1ccc(Cl)cc1. The van der Waals surface area contributed by atoms with Crippen molar-refractivity contribution >= 4 is 38.8 Å². The molecule has 0 fully saturated rings. The van der Waals surface area contributed by atoms with Gasteiger partial charge in [0, 0.05) is 10.7 Å². The average Bonchev–Trinajstić information content (AvgIpc) is 3.02. The fourth-order valence-corrected chi connectivity index (χ4v) is 3.53. The molecule has 0 radical (unpaired) electrons. The number of benzene rings is 2. The van der Waals surface area contributed by atoms with E-state index in [1.807, 2.05) is 12.1 Å². The number of nitrogens with zero attached hydrogens (tertiary/aromatic N) is 2. The highest BCUT2D eigenvalue weighted by molar-refractivity contribution is 7.92. The summed E-state index contributed by atoms with van der Waals surface area (Å²) < 4.78 is 30.8. The molecule has 0 aliphatic heterocycles. The van der Waals surface area contributed by atoms with E-state index in [-0.39, 0.29) is 4.90 Å². The van der Waals surface area contributed by atoms with Gasteiger partial charge in [0.2, 0.25) is 0 Å². The Morgan fingerprint density at radius 3 is 2.27 bits per heavy atom. The molecule has 8 heteroatoms. The van der Waals surface area contributed by atoms with E-state index in [0.717, 1.165) is 10.4 Å². The van der Waals surface area contributed by atoms with Crippen LogP contribution >= 0.6 is 23.1 Å². The second-order valence-corrected chi connectivity index (χ2v) is 7.32. The number of nitrogens with one attached hydrogen (secondary N) is 1. The van der Waals surface area contributed by atoms with E-state index in [2.05, 4.69) is 14.3 Å². The van der Waals surface area contributed by atoms with Crippen LogP contribution in [0.25, 0.3) is 10.4 Å². The zero-order valence-corrected chi connectivity index (χ0v) is 13.5. The number of rotatable bonds is 4. The van der Waals surface area contributed by atoms with Crippen molar-refractivity contribution in [2.24, 2.45) is 0 Å². The largest absolute Gasteiger partial charge is 0.280 e. The molecule has 0 bridgehead atoms. The van der Waals surface area contributed by atoms with Gasteiger partial charge in [0.1, 0.15) is 0 Å². The van der Waals surface area contributed by atoms with E-state index in [4.69, 9.17) is 11.6 Å². The average molecular weight is 352 g/mol. The van der Waals surface area contributed by atoms with Gasteiger partial charge < -0.3 is 0 Å². The first-order chi connectivity index (χ1) is 10.5. The van der Waals surface area contributed by atoms with Crippen LogP contribution in [0.15, 0.2) is 59.6 Å². The maximum Gasteiger partial charge on any atom is 0.261 e. The molecule has 0 aliphatic carbocycles. The minimum Gasteiger partial charge on any atom is -0.280 e. The van der Waals surface area contributed by atoms with Crippen LogP contribution in [0.3, 0.4) is 0 Å². The fraction of sp³-hybridized carbons (Fsp3) is 0. The van der Waals surface area contributed by atoms with Crippen LogP contribution in [0.2, 0.25) is 5.02 Å². The van der Waals surface area contributed by atoms with Crippen LogP contribution in [0, 0.1) is 0 Å². The monoisotopic (exact) mass is 351 g/mol. The van der Waals surface area contributed by atoms with E-state index in [1.54, 1.807) is 18.3 Å². The Labute approximate surface area is 136 Å². The van der Waals surface area contributed by atoms with Crippen molar-refractivity contribution in [3.8, 4) is 10.4 Å². The van der Waals surface area contributed by atoms with Crippen LogP contribution in [0.1, 0.15) is 0 Å². The number of hydrogen-bond donors (Lipinski definition) is 1. The van der Waals surface area contributed by atoms with Crippen LogP contribution in [0.5, 0.6) is 0 Å². The summed E-state index contributed by atoms with van der Waals surface area (Å²) in [6.07, 6.45) is 1.66. The Morgan fingerprint density at radius 2 is 1.68 bits per heavy atom. The minimum absolute atomic E-state index is 0.160. The highest BCUT2D eigenvalue weighted by Gasteiger charge is 2.14. The molecule has 0 saturated heterocycles. The first-order valence-corrected chi connectivity index (χ1v) is 8.84. The lowest BCUT2D eigenvalue weighted by Crippen LogP contribution is -2.12. The summed E-state index contributed by atoms with van der Waals surface area (Å²) in [6.45, 7) is 0. The van der Waals surface area contributed by atoms with Crippen molar-refractivity contribution in [2.45, 2.75) is 4.90 Å². The highest BCUT2D eigenvalue weighted by atomic mass is 35.5. The predicted molar refractivity (Wildman–Crippen MR) is 87.6 cm³/mol. The first kappa shape index (κ1) is 15.0. The topological polar surface area (TPSA) is 72.0 Å². The van der Waals surface area contributed by atoms with E-state index in [9.17, 15) is 8.42 Å². The minimum atomic E-state index is -3.63. The van der Waals surface area contributed by atoms with Crippen molar-refractivity contribution in [1.82, 2.24) is 9.59 Å². The normalized spacial score (nSPS) is 11.3. The van der Waals surface area contributed by atoms with Gasteiger partial charge in [-0.2, -0.15) is 0 Å². The molecule has 0 saturated carbocycles. The quantitative estimate of drug-likeness (QED) is 0.778. The molecule has 2 aromatic carbocycles. The summed E-state index contributed by atoms with van der Waals surface area (Å²) in [5.41, 5.74) is 1.42. The molecule has 0 unspecified atom stereocenters. The number of aromatic nitrogens is 2. The molecule has 0 spiro atoms. The Hall–Kier alpha value is -1.96. The molecular weight excluding hydrogens is 342 g/mol. The van der Waals surface area contributed by atoms with Gasteiger partial charge in [0.05, 0.1) is 16.0 Å². The number of halogens is 1. The third-order valence-corrected chi connectivity index (χ3v) is 5.27. The number of anilines is 1. The molecule has 3 aromatic rings. The van der Waals surface area contributed by atoms with E-state index in [0.29, 0.717) is 10.7 Å². The van der Waals surface area contributed by atoms with Crippen molar-refractivity contribution < 1.29 is 8.42 Å². The molecule has 5 nitrogen and oxygen atoms in total. The predicted octanol–water partition coefficient (Wildman–Crippen LogP) is 3.66. The van der Waals surface area contributed by atoms with Crippen LogP contribution in [-0.2, 0) is 10.0 Å². The molecule has 22 heavy (non-hydrogen) atoms. The van der Waals surface area contributed by atoms with Gasteiger partial charge in [-0.05, 0) is 53.5 Å². The lowest BCUT2D eigenvalue weighted by Gasteiger charge is -2.08. The van der Waals surface area contributed by atoms with Crippen molar-refractivity contribution in [1.29, 1.82) is 0 Å². The molecular formula is C14H10ClN3O2S2. The molecule has 1 heterocycles. The van der Waals surface area contributed by atoms with Gasteiger partial charge in [-0.25, -0.2) is 8.42 Å². The molecule has 3 rings (SSSR count). The Kier molecular flexibility index (Phi) is 4.10. The van der Waals surface area contributed by atoms with Gasteiger partial charge in [-0.3, -0.25) is 4.72 Å². The second kappa shape index (κ2) is 6.04. The Balaban J connectivity index is 1.82. The molecule has 0 atom stereocenters. The summed E-state index contributed by atoms with van der Waals surface area (Å²) in [6, 6.07) is 13.0. The third kappa shape index (κ3) is 3.27. The van der Waals surface area contributed by atoms with Crippen molar-refractivity contribution in [3.63, 3.8) is 0 Å². The van der Waals surface area contributed by atoms with Crippen LogP contribution in [0.4, 0.5) is 5.69 Å². The summed E-state index contributed by atoms with van der Waals surface area (Å²) in [7, 11) is -3.63. The maximum atomic E-state index is 12.3. The summed E-state index contributed by atoms with van der Waals surface area (Å²) in [5.74, 6) is 0. The Morgan fingerprint density at radius 1 is 1.00 bits per heavy atom. The number of hydrogen-bond acceptors (Lipinski definition) is 5. The zero-order valence-electron chi connectivity index (χ0n) is 11.1.